The highest BCUT2D eigenvalue weighted by atomic mass is 32.1. The first-order valence-corrected chi connectivity index (χ1v) is 7.60. The van der Waals surface area contributed by atoms with E-state index < -0.39 is 0 Å². The van der Waals surface area contributed by atoms with Gasteiger partial charge in [-0.2, -0.15) is 5.10 Å². The third-order valence-electron chi connectivity index (χ3n) is 3.85. The van der Waals surface area contributed by atoms with Gasteiger partial charge in [-0.25, -0.2) is 5.01 Å². The van der Waals surface area contributed by atoms with Gasteiger partial charge in [0.05, 0.1) is 18.9 Å². The zero-order valence-electron chi connectivity index (χ0n) is 12.6. The second kappa shape index (κ2) is 6.26. The van der Waals surface area contributed by atoms with Crippen molar-refractivity contribution in [2.75, 3.05) is 7.11 Å². The summed E-state index contributed by atoms with van der Waals surface area (Å²) in [5.74, 6) is 0.947. The lowest BCUT2D eigenvalue weighted by atomic mass is 9.97. The third kappa shape index (κ3) is 2.85. The average molecular weight is 327 g/mol. The van der Waals surface area contributed by atoms with Crippen molar-refractivity contribution in [3.8, 4) is 11.5 Å². The summed E-state index contributed by atoms with van der Waals surface area (Å²) in [6.45, 7) is 0. The molecule has 2 aromatic rings. The molecule has 23 heavy (non-hydrogen) atoms. The summed E-state index contributed by atoms with van der Waals surface area (Å²) in [5.41, 5.74) is 8.23. The summed E-state index contributed by atoms with van der Waals surface area (Å²) in [6.07, 6.45) is 0.579. The standard InChI is InChI=1S/C17H17N3O2S/c1-22-16-9-5-3-7-12(16)14-10-13(19-20(14)17(18)23)11-6-2-4-8-15(11)21/h2-9,14,21H,10H2,1H3,(H2,18,23). The first-order chi connectivity index (χ1) is 11.1. The largest absolute Gasteiger partial charge is 0.507 e. The van der Waals surface area contributed by atoms with Gasteiger partial charge in [-0.1, -0.05) is 30.3 Å². The van der Waals surface area contributed by atoms with Crippen molar-refractivity contribution in [1.29, 1.82) is 0 Å². The number of para-hydroxylation sites is 2. The summed E-state index contributed by atoms with van der Waals surface area (Å²) in [7, 11) is 1.63. The molecule has 1 heterocycles. The number of hydrogen-bond donors (Lipinski definition) is 2. The second-order valence-electron chi connectivity index (χ2n) is 5.21. The molecule has 0 saturated heterocycles. The molecule has 5 nitrogen and oxygen atoms in total. The van der Waals surface area contributed by atoms with Crippen LogP contribution in [0.25, 0.3) is 0 Å². The van der Waals surface area contributed by atoms with Gasteiger partial charge in [-0.05, 0) is 30.4 Å². The second-order valence-corrected chi connectivity index (χ2v) is 5.63. The van der Waals surface area contributed by atoms with Crippen molar-refractivity contribution in [1.82, 2.24) is 5.01 Å². The topological polar surface area (TPSA) is 71.1 Å². The SMILES string of the molecule is COc1ccccc1C1CC(c2ccccc2O)=NN1C(N)=S. The van der Waals surface area contributed by atoms with Crippen molar-refractivity contribution in [3.63, 3.8) is 0 Å². The van der Waals surface area contributed by atoms with Gasteiger partial charge < -0.3 is 15.6 Å². The summed E-state index contributed by atoms with van der Waals surface area (Å²) >= 11 is 5.14. The van der Waals surface area contributed by atoms with Crippen LogP contribution in [0.5, 0.6) is 11.5 Å². The smallest absolute Gasteiger partial charge is 0.187 e. The number of methoxy groups -OCH3 is 1. The number of rotatable bonds is 3. The molecule has 1 aliphatic heterocycles. The van der Waals surface area contributed by atoms with Crippen LogP contribution in [0.2, 0.25) is 0 Å². The fourth-order valence-corrected chi connectivity index (χ4v) is 2.95. The molecule has 0 radical (unpaired) electrons. The van der Waals surface area contributed by atoms with Crippen LogP contribution in [0.3, 0.4) is 0 Å². The van der Waals surface area contributed by atoms with E-state index in [-0.39, 0.29) is 16.9 Å². The highest BCUT2D eigenvalue weighted by Crippen LogP contribution is 2.38. The molecule has 118 valence electrons. The number of aromatic hydroxyl groups is 1. The molecule has 1 atom stereocenters. The van der Waals surface area contributed by atoms with Crippen LogP contribution in [0.1, 0.15) is 23.6 Å². The van der Waals surface area contributed by atoms with E-state index in [0.717, 1.165) is 17.0 Å². The van der Waals surface area contributed by atoms with Gasteiger partial charge in [0.2, 0.25) is 0 Å². The molecule has 0 aromatic heterocycles. The molecule has 0 aliphatic carbocycles. The van der Waals surface area contributed by atoms with Gasteiger partial charge in [-0.3, -0.25) is 0 Å². The number of benzene rings is 2. The molecule has 2 aromatic carbocycles. The van der Waals surface area contributed by atoms with E-state index in [2.05, 4.69) is 5.10 Å². The zero-order valence-corrected chi connectivity index (χ0v) is 13.5. The van der Waals surface area contributed by atoms with E-state index in [1.165, 1.54) is 0 Å². The number of hydrogen-bond acceptors (Lipinski definition) is 4. The van der Waals surface area contributed by atoms with Crippen molar-refractivity contribution in [3.05, 3.63) is 59.7 Å². The summed E-state index contributed by atoms with van der Waals surface area (Å²) in [6, 6.07) is 14.7. The summed E-state index contributed by atoms with van der Waals surface area (Å²) in [4.78, 5) is 0. The predicted octanol–water partition coefficient (Wildman–Crippen LogP) is 2.80. The van der Waals surface area contributed by atoms with Crippen molar-refractivity contribution >= 4 is 23.0 Å². The van der Waals surface area contributed by atoms with Gasteiger partial charge in [-0.15, -0.1) is 0 Å². The fourth-order valence-electron chi connectivity index (χ4n) is 2.78. The monoisotopic (exact) mass is 327 g/mol. The van der Waals surface area contributed by atoms with Crippen molar-refractivity contribution in [2.45, 2.75) is 12.5 Å². The van der Waals surface area contributed by atoms with Crippen LogP contribution in [0.4, 0.5) is 0 Å². The van der Waals surface area contributed by atoms with Crippen LogP contribution in [-0.4, -0.2) is 28.0 Å². The quantitative estimate of drug-likeness (QED) is 0.848. The Labute approximate surface area is 140 Å². The van der Waals surface area contributed by atoms with Crippen molar-refractivity contribution < 1.29 is 9.84 Å². The maximum Gasteiger partial charge on any atom is 0.187 e. The van der Waals surface area contributed by atoms with E-state index in [4.69, 9.17) is 22.7 Å². The zero-order chi connectivity index (χ0) is 16.4. The minimum Gasteiger partial charge on any atom is -0.507 e. The molecule has 0 bridgehead atoms. The van der Waals surface area contributed by atoms with Gasteiger partial charge in [0, 0.05) is 17.5 Å². The van der Waals surface area contributed by atoms with E-state index in [1.807, 2.05) is 36.4 Å². The van der Waals surface area contributed by atoms with Gasteiger partial charge in [0.15, 0.2) is 5.11 Å². The lowest BCUT2D eigenvalue weighted by Gasteiger charge is -2.23. The average Bonchev–Trinajstić information content (AvgIpc) is 3.00. The number of nitrogens with two attached hydrogens (primary N) is 1. The Hall–Kier alpha value is -2.60. The number of phenolic OH excluding ortho intramolecular Hbond substituents is 1. The molecule has 1 unspecified atom stereocenters. The highest BCUT2D eigenvalue weighted by molar-refractivity contribution is 7.80. The molecule has 1 aliphatic rings. The van der Waals surface area contributed by atoms with Crippen molar-refractivity contribution in [2.24, 2.45) is 10.8 Å². The molecule has 0 saturated carbocycles. The number of phenols is 1. The number of thiocarbonyl (C=S) groups is 1. The molecule has 3 rings (SSSR count). The molecule has 6 heteroatoms. The van der Waals surface area contributed by atoms with Crippen LogP contribution in [0, 0.1) is 0 Å². The normalized spacial score (nSPS) is 17.0. The number of nitrogens with zero attached hydrogens (tertiary/aromatic N) is 2. The predicted molar refractivity (Wildman–Crippen MR) is 93.6 cm³/mol. The van der Waals surface area contributed by atoms with Gasteiger partial charge >= 0.3 is 0 Å². The Bertz CT molecular complexity index is 776. The van der Waals surface area contributed by atoms with Crippen LogP contribution in [-0.2, 0) is 0 Å². The summed E-state index contributed by atoms with van der Waals surface area (Å²) in [5, 5.41) is 16.4. The van der Waals surface area contributed by atoms with Crippen LogP contribution < -0.4 is 10.5 Å². The maximum absolute atomic E-state index is 10.1. The number of hydrazone groups is 1. The molecular formula is C17H17N3O2S. The Morgan fingerprint density at radius 1 is 1.26 bits per heavy atom. The number of ether oxygens (including phenoxy) is 1. The van der Waals surface area contributed by atoms with Gasteiger partial charge in [0.1, 0.15) is 11.5 Å². The van der Waals surface area contributed by atoms with Crippen LogP contribution >= 0.6 is 12.2 Å². The lowest BCUT2D eigenvalue weighted by molar-refractivity contribution is 0.348. The fraction of sp³-hybridized carbons (Fsp3) is 0.176. The van der Waals surface area contributed by atoms with E-state index in [9.17, 15) is 5.11 Å². The minimum absolute atomic E-state index is 0.154. The molecule has 0 spiro atoms. The van der Waals surface area contributed by atoms with E-state index in [0.29, 0.717) is 12.0 Å². The first-order valence-electron chi connectivity index (χ1n) is 7.19. The maximum atomic E-state index is 10.1. The van der Waals surface area contributed by atoms with E-state index >= 15 is 0 Å². The van der Waals surface area contributed by atoms with E-state index in [1.54, 1.807) is 24.3 Å². The van der Waals surface area contributed by atoms with Crippen LogP contribution in [0.15, 0.2) is 53.6 Å². The third-order valence-corrected chi connectivity index (χ3v) is 4.04. The molecule has 0 fully saturated rings. The highest BCUT2D eigenvalue weighted by Gasteiger charge is 2.33. The Kier molecular flexibility index (Phi) is 4.16. The van der Waals surface area contributed by atoms with Gasteiger partial charge in [0.25, 0.3) is 0 Å². The summed E-state index contributed by atoms with van der Waals surface area (Å²) < 4.78 is 5.44. The molecule has 0 amide bonds. The minimum atomic E-state index is -0.154. The molecular weight excluding hydrogens is 310 g/mol. The molecule has 3 N–H and O–H groups in total. The first kappa shape index (κ1) is 15.3. The Morgan fingerprint density at radius 2 is 1.96 bits per heavy atom. The Morgan fingerprint density at radius 3 is 2.65 bits per heavy atom. The lowest BCUT2D eigenvalue weighted by Crippen LogP contribution is -2.31. The Balaban J connectivity index is 2.01.